The van der Waals surface area contributed by atoms with Crippen LogP contribution in [-0.2, 0) is 4.79 Å². The Labute approximate surface area is 188 Å². The normalized spacial score (nSPS) is 10.9. The van der Waals surface area contributed by atoms with Crippen molar-refractivity contribution in [2.75, 3.05) is 6.61 Å². The molecule has 0 bridgehead atoms. The Morgan fingerprint density at radius 3 is 2.67 bits per heavy atom. The summed E-state index contributed by atoms with van der Waals surface area (Å²) >= 11 is 6.80. The number of furan rings is 1. The first-order chi connectivity index (χ1) is 14.3. The number of ether oxygens (including phenoxy) is 1. The van der Waals surface area contributed by atoms with Gasteiger partial charge in [0.25, 0.3) is 11.6 Å². The average molecular weight is 537 g/mol. The van der Waals surface area contributed by atoms with Gasteiger partial charge in [-0.1, -0.05) is 12.1 Å². The monoisotopic (exact) mass is 535 g/mol. The maximum atomic E-state index is 11.9. The van der Waals surface area contributed by atoms with Crippen LogP contribution in [0.15, 0.2) is 67.0 Å². The van der Waals surface area contributed by atoms with Gasteiger partial charge in [-0.3, -0.25) is 14.9 Å². The van der Waals surface area contributed by atoms with Gasteiger partial charge in [0.1, 0.15) is 17.3 Å². The molecule has 0 aliphatic rings. The van der Waals surface area contributed by atoms with E-state index in [1.807, 2.05) is 19.1 Å². The third-order valence-corrected chi connectivity index (χ3v) is 5.02. The Morgan fingerprint density at radius 1 is 1.23 bits per heavy atom. The molecule has 0 aliphatic heterocycles. The predicted molar refractivity (Wildman–Crippen MR) is 119 cm³/mol. The highest BCUT2D eigenvalue weighted by molar-refractivity contribution is 9.11. The first kappa shape index (κ1) is 21.7. The first-order valence-electron chi connectivity index (χ1n) is 8.58. The zero-order chi connectivity index (χ0) is 21.7. The number of rotatable bonds is 7. The number of hydrogen-bond donors (Lipinski definition) is 1. The second-order valence-corrected chi connectivity index (χ2v) is 7.86. The molecule has 3 rings (SSSR count). The first-order valence-corrected chi connectivity index (χ1v) is 10.2. The molecule has 0 saturated carbocycles. The fourth-order valence-corrected chi connectivity index (χ4v) is 4.16. The summed E-state index contributed by atoms with van der Waals surface area (Å²) in [6, 6.07) is 13.2. The number of nitro groups is 1. The van der Waals surface area contributed by atoms with Gasteiger partial charge in [-0.2, -0.15) is 5.10 Å². The minimum Gasteiger partial charge on any atom is -0.481 e. The number of halogens is 2. The minimum atomic E-state index is -0.472. The molecule has 0 radical (unpaired) electrons. The van der Waals surface area contributed by atoms with Crippen molar-refractivity contribution in [3.8, 4) is 17.1 Å². The van der Waals surface area contributed by atoms with Crippen LogP contribution in [0.3, 0.4) is 0 Å². The summed E-state index contributed by atoms with van der Waals surface area (Å²) in [5.74, 6) is 0.897. The Bertz CT molecular complexity index is 1100. The summed E-state index contributed by atoms with van der Waals surface area (Å²) in [7, 11) is 0. The van der Waals surface area contributed by atoms with Gasteiger partial charge in [-0.05, 0) is 68.6 Å². The van der Waals surface area contributed by atoms with Crippen LogP contribution in [0.5, 0.6) is 5.75 Å². The zero-order valence-corrected chi connectivity index (χ0v) is 18.8. The molecular weight excluding hydrogens is 522 g/mol. The third kappa shape index (κ3) is 5.55. The standard InChI is InChI=1S/C20H15Br2N3O5/c1-12-7-16(21)20(17(22)8-12)29-11-19(26)24-23-10-15-5-6-18(30-15)13-3-2-4-14(9-13)25(27)28/h2-10H,11H2,1H3,(H,24,26)/b23-10+. The molecule has 30 heavy (non-hydrogen) atoms. The second-order valence-electron chi connectivity index (χ2n) is 6.15. The molecular formula is C20H15Br2N3O5. The van der Waals surface area contributed by atoms with Crippen LogP contribution in [0.25, 0.3) is 11.3 Å². The summed E-state index contributed by atoms with van der Waals surface area (Å²) in [4.78, 5) is 22.4. The molecule has 0 aliphatic carbocycles. The zero-order valence-electron chi connectivity index (χ0n) is 15.6. The lowest BCUT2D eigenvalue weighted by Crippen LogP contribution is -2.24. The topological polar surface area (TPSA) is 107 Å². The van der Waals surface area contributed by atoms with Crippen molar-refractivity contribution < 1.29 is 18.9 Å². The van der Waals surface area contributed by atoms with E-state index >= 15 is 0 Å². The molecule has 1 heterocycles. The number of benzene rings is 2. The number of carbonyl (C=O) groups excluding carboxylic acids is 1. The molecule has 0 atom stereocenters. The van der Waals surface area contributed by atoms with Gasteiger partial charge in [0.05, 0.1) is 20.1 Å². The Hall–Kier alpha value is -2.98. The quantitative estimate of drug-likeness (QED) is 0.253. The van der Waals surface area contributed by atoms with Gasteiger partial charge in [0, 0.05) is 17.7 Å². The van der Waals surface area contributed by atoms with E-state index in [1.165, 1.54) is 18.3 Å². The fraction of sp³-hybridized carbons (Fsp3) is 0.100. The van der Waals surface area contributed by atoms with Crippen LogP contribution in [0.2, 0.25) is 0 Å². The number of hydrogen-bond acceptors (Lipinski definition) is 6. The molecule has 0 spiro atoms. The van der Waals surface area contributed by atoms with E-state index in [-0.39, 0.29) is 12.3 Å². The highest BCUT2D eigenvalue weighted by Crippen LogP contribution is 2.34. The lowest BCUT2D eigenvalue weighted by molar-refractivity contribution is -0.384. The smallest absolute Gasteiger partial charge is 0.277 e. The van der Waals surface area contributed by atoms with Crippen molar-refractivity contribution in [1.82, 2.24) is 5.43 Å². The number of carbonyl (C=O) groups is 1. The highest BCUT2D eigenvalue weighted by Gasteiger charge is 2.11. The van der Waals surface area contributed by atoms with Crippen LogP contribution in [0.1, 0.15) is 11.3 Å². The molecule has 1 N–H and O–H groups in total. The van der Waals surface area contributed by atoms with E-state index in [2.05, 4.69) is 42.4 Å². The van der Waals surface area contributed by atoms with Gasteiger partial charge < -0.3 is 9.15 Å². The number of amides is 1. The largest absolute Gasteiger partial charge is 0.481 e. The van der Waals surface area contributed by atoms with Crippen molar-refractivity contribution in [2.45, 2.75) is 6.92 Å². The minimum absolute atomic E-state index is 0.0294. The van der Waals surface area contributed by atoms with Crippen LogP contribution < -0.4 is 10.2 Å². The molecule has 10 heteroatoms. The van der Waals surface area contributed by atoms with Crippen LogP contribution >= 0.6 is 31.9 Å². The van der Waals surface area contributed by atoms with Crippen molar-refractivity contribution in [3.63, 3.8) is 0 Å². The number of non-ortho nitro benzene ring substituents is 1. The summed E-state index contributed by atoms with van der Waals surface area (Å²) in [6.07, 6.45) is 1.33. The van der Waals surface area contributed by atoms with E-state index in [4.69, 9.17) is 9.15 Å². The van der Waals surface area contributed by atoms with E-state index in [1.54, 1.807) is 24.3 Å². The lowest BCUT2D eigenvalue weighted by atomic mass is 10.1. The molecule has 1 amide bonds. The van der Waals surface area contributed by atoms with E-state index in [0.29, 0.717) is 22.8 Å². The Morgan fingerprint density at radius 2 is 1.97 bits per heavy atom. The fourth-order valence-electron chi connectivity index (χ4n) is 2.51. The summed E-state index contributed by atoms with van der Waals surface area (Å²) in [6.45, 7) is 1.72. The molecule has 0 unspecified atom stereocenters. The average Bonchev–Trinajstić information content (AvgIpc) is 3.16. The number of nitrogens with one attached hydrogen (secondary N) is 1. The second kappa shape index (κ2) is 9.68. The molecule has 8 nitrogen and oxygen atoms in total. The van der Waals surface area contributed by atoms with Gasteiger partial charge >= 0.3 is 0 Å². The predicted octanol–water partition coefficient (Wildman–Crippen LogP) is 5.22. The van der Waals surface area contributed by atoms with E-state index in [0.717, 1.165) is 14.5 Å². The van der Waals surface area contributed by atoms with E-state index < -0.39 is 10.8 Å². The SMILES string of the molecule is Cc1cc(Br)c(OCC(=O)N/N=C/c2ccc(-c3cccc([N+](=O)[O-])c3)o2)c(Br)c1. The van der Waals surface area contributed by atoms with Gasteiger partial charge in [-0.15, -0.1) is 0 Å². The maximum Gasteiger partial charge on any atom is 0.277 e. The number of nitro benzene ring substituents is 1. The van der Waals surface area contributed by atoms with Crippen LogP contribution in [0.4, 0.5) is 5.69 Å². The molecule has 154 valence electrons. The molecule has 2 aromatic carbocycles. The molecule has 0 saturated heterocycles. The van der Waals surface area contributed by atoms with Crippen LogP contribution in [0, 0.1) is 17.0 Å². The van der Waals surface area contributed by atoms with Crippen molar-refractivity contribution in [1.29, 1.82) is 0 Å². The van der Waals surface area contributed by atoms with Crippen molar-refractivity contribution in [3.05, 3.63) is 78.9 Å². The summed E-state index contributed by atoms with van der Waals surface area (Å²) in [5.41, 5.74) is 3.93. The summed E-state index contributed by atoms with van der Waals surface area (Å²) in [5, 5.41) is 14.7. The van der Waals surface area contributed by atoms with Crippen LogP contribution in [-0.4, -0.2) is 23.7 Å². The Balaban J connectivity index is 1.57. The van der Waals surface area contributed by atoms with E-state index in [9.17, 15) is 14.9 Å². The van der Waals surface area contributed by atoms with Crippen molar-refractivity contribution >= 4 is 49.7 Å². The molecule has 3 aromatic rings. The van der Waals surface area contributed by atoms with Gasteiger partial charge in [0.2, 0.25) is 0 Å². The molecule has 0 fully saturated rings. The number of nitrogens with zero attached hydrogens (tertiary/aromatic N) is 2. The number of hydrazone groups is 1. The third-order valence-electron chi connectivity index (χ3n) is 3.84. The highest BCUT2D eigenvalue weighted by atomic mass is 79.9. The van der Waals surface area contributed by atoms with Gasteiger partial charge in [0.15, 0.2) is 6.61 Å². The van der Waals surface area contributed by atoms with Gasteiger partial charge in [-0.25, -0.2) is 5.43 Å². The number of aryl methyl sites for hydroxylation is 1. The summed E-state index contributed by atoms with van der Waals surface area (Å²) < 4.78 is 12.6. The lowest BCUT2D eigenvalue weighted by Gasteiger charge is -2.10. The van der Waals surface area contributed by atoms with Crippen molar-refractivity contribution in [2.24, 2.45) is 5.10 Å². The Kier molecular flexibility index (Phi) is 7.01. The molecule has 1 aromatic heterocycles. The maximum absolute atomic E-state index is 11.9.